The van der Waals surface area contributed by atoms with Gasteiger partial charge in [0.1, 0.15) is 12.4 Å². The third-order valence-corrected chi connectivity index (χ3v) is 3.02. The van der Waals surface area contributed by atoms with Gasteiger partial charge in [-0.2, -0.15) is 0 Å². The van der Waals surface area contributed by atoms with E-state index in [2.05, 4.69) is 25.7 Å². The Labute approximate surface area is 154 Å². The SMILES string of the molecule is C=C(C)C(=O)OCCNC(=O)Oc1ccc(/C=C/COCC(C)C)cc1. The van der Waals surface area contributed by atoms with Crippen molar-refractivity contribution in [1.29, 1.82) is 0 Å². The predicted octanol–water partition coefficient (Wildman–Crippen LogP) is 3.58. The number of ether oxygens (including phenoxy) is 3. The van der Waals surface area contributed by atoms with Crippen molar-refractivity contribution >= 4 is 18.1 Å². The minimum atomic E-state index is -0.609. The molecule has 0 unspecified atom stereocenters. The number of carbonyl (C=O) groups excluding carboxylic acids is 2. The van der Waals surface area contributed by atoms with Gasteiger partial charge in [0.2, 0.25) is 0 Å². The van der Waals surface area contributed by atoms with Crippen LogP contribution in [0.3, 0.4) is 0 Å². The molecule has 0 bridgehead atoms. The molecular weight excluding hydrogens is 334 g/mol. The van der Waals surface area contributed by atoms with E-state index in [1.165, 1.54) is 0 Å². The van der Waals surface area contributed by atoms with E-state index in [9.17, 15) is 9.59 Å². The van der Waals surface area contributed by atoms with Gasteiger partial charge < -0.3 is 19.5 Å². The molecule has 0 atom stereocenters. The first-order valence-electron chi connectivity index (χ1n) is 8.51. The summed E-state index contributed by atoms with van der Waals surface area (Å²) in [6.45, 7) is 10.8. The molecule has 0 saturated carbocycles. The second-order valence-corrected chi connectivity index (χ2v) is 6.14. The fourth-order valence-electron chi connectivity index (χ4n) is 1.77. The van der Waals surface area contributed by atoms with Gasteiger partial charge in [0.15, 0.2) is 0 Å². The van der Waals surface area contributed by atoms with Crippen LogP contribution in [0.5, 0.6) is 5.75 Å². The Balaban J connectivity index is 2.28. The molecule has 0 aliphatic carbocycles. The number of carbonyl (C=O) groups is 2. The van der Waals surface area contributed by atoms with E-state index in [-0.39, 0.29) is 13.2 Å². The number of rotatable bonds is 10. The summed E-state index contributed by atoms with van der Waals surface area (Å²) in [6, 6.07) is 7.09. The van der Waals surface area contributed by atoms with Gasteiger partial charge in [-0.3, -0.25) is 0 Å². The Morgan fingerprint density at radius 1 is 1.23 bits per heavy atom. The first-order valence-corrected chi connectivity index (χ1v) is 8.51. The van der Waals surface area contributed by atoms with Crippen LogP contribution in [-0.2, 0) is 14.3 Å². The van der Waals surface area contributed by atoms with Crippen molar-refractivity contribution in [2.75, 3.05) is 26.4 Å². The quantitative estimate of drug-likeness (QED) is 0.392. The first kappa shape index (κ1) is 21.4. The average molecular weight is 361 g/mol. The van der Waals surface area contributed by atoms with Gasteiger partial charge in [0.25, 0.3) is 0 Å². The highest BCUT2D eigenvalue weighted by molar-refractivity contribution is 5.86. The predicted molar refractivity (Wildman–Crippen MR) is 101 cm³/mol. The van der Waals surface area contributed by atoms with Crippen LogP contribution < -0.4 is 10.1 Å². The molecule has 0 saturated heterocycles. The van der Waals surface area contributed by atoms with E-state index in [0.717, 1.165) is 12.2 Å². The van der Waals surface area contributed by atoms with Crippen LogP contribution in [0.25, 0.3) is 6.08 Å². The van der Waals surface area contributed by atoms with Gasteiger partial charge in [-0.15, -0.1) is 0 Å². The summed E-state index contributed by atoms with van der Waals surface area (Å²) < 4.78 is 15.5. The fraction of sp³-hybridized carbons (Fsp3) is 0.400. The van der Waals surface area contributed by atoms with Crippen molar-refractivity contribution in [1.82, 2.24) is 5.32 Å². The van der Waals surface area contributed by atoms with Crippen molar-refractivity contribution in [3.63, 3.8) is 0 Å². The number of esters is 1. The average Bonchev–Trinajstić information content (AvgIpc) is 2.59. The van der Waals surface area contributed by atoms with E-state index in [4.69, 9.17) is 14.2 Å². The number of amides is 1. The molecule has 142 valence electrons. The van der Waals surface area contributed by atoms with Crippen LogP contribution >= 0.6 is 0 Å². The van der Waals surface area contributed by atoms with E-state index in [1.54, 1.807) is 19.1 Å². The highest BCUT2D eigenvalue weighted by Gasteiger charge is 2.05. The molecule has 0 aliphatic heterocycles. The van der Waals surface area contributed by atoms with E-state index < -0.39 is 12.1 Å². The summed E-state index contributed by atoms with van der Waals surface area (Å²) in [5, 5.41) is 2.50. The smallest absolute Gasteiger partial charge is 0.412 e. The molecule has 0 heterocycles. The number of hydrogen-bond donors (Lipinski definition) is 1. The van der Waals surface area contributed by atoms with Gasteiger partial charge in [-0.05, 0) is 30.5 Å². The van der Waals surface area contributed by atoms with Crippen LogP contribution in [-0.4, -0.2) is 38.4 Å². The molecule has 0 aromatic heterocycles. The zero-order valence-corrected chi connectivity index (χ0v) is 15.6. The summed E-state index contributed by atoms with van der Waals surface area (Å²) in [6.07, 6.45) is 3.28. The second kappa shape index (κ2) is 11.9. The van der Waals surface area contributed by atoms with Crippen LogP contribution in [0.1, 0.15) is 26.3 Å². The van der Waals surface area contributed by atoms with Crippen LogP contribution in [0, 0.1) is 5.92 Å². The maximum absolute atomic E-state index is 11.7. The Hall–Kier alpha value is -2.60. The maximum atomic E-state index is 11.7. The Morgan fingerprint density at radius 2 is 1.92 bits per heavy atom. The lowest BCUT2D eigenvalue weighted by Crippen LogP contribution is -2.30. The molecule has 6 nitrogen and oxygen atoms in total. The molecule has 1 aromatic carbocycles. The molecule has 1 aromatic rings. The second-order valence-electron chi connectivity index (χ2n) is 6.14. The van der Waals surface area contributed by atoms with Crippen LogP contribution in [0.4, 0.5) is 4.79 Å². The Kier molecular flexibility index (Phi) is 9.79. The summed E-state index contributed by atoms with van der Waals surface area (Å²) in [7, 11) is 0. The molecule has 6 heteroatoms. The topological polar surface area (TPSA) is 73.9 Å². The monoisotopic (exact) mass is 361 g/mol. The highest BCUT2D eigenvalue weighted by Crippen LogP contribution is 2.13. The molecule has 1 rings (SSSR count). The summed E-state index contributed by atoms with van der Waals surface area (Å²) >= 11 is 0. The number of benzene rings is 1. The van der Waals surface area contributed by atoms with E-state index >= 15 is 0 Å². The summed E-state index contributed by atoms with van der Waals surface area (Å²) in [4.78, 5) is 22.8. The van der Waals surface area contributed by atoms with Gasteiger partial charge >= 0.3 is 12.1 Å². The lowest BCUT2D eigenvalue weighted by Gasteiger charge is -2.07. The van der Waals surface area contributed by atoms with E-state index in [1.807, 2.05) is 24.3 Å². The molecule has 0 radical (unpaired) electrons. The lowest BCUT2D eigenvalue weighted by molar-refractivity contribution is -0.138. The van der Waals surface area contributed by atoms with E-state index in [0.29, 0.717) is 23.8 Å². The van der Waals surface area contributed by atoms with Gasteiger partial charge in [-0.1, -0.05) is 44.7 Å². The van der Waals surface area contributed by atoms with Crippen molar-refractivity contribution < 1.29 is 23.8 Å². The molecule has 1 N–H and O–H groups in total. The first-order chi connectivity index (χ1) is 12.4. The normalized spacial score (nSPS) is 10.8. The zero-order chi connectivity index (χ0) is 19.4. The molecule has 1 amide bonds. The zero-order valence-electron chi connectivity index (χ0n) is 15.6. The minimum absolute atomic E-state index is 0.0589. The number of nitrogens with one attached hydrogen (secondary N) is 1. The molecule has 0 fully saturated rings. The Morgan fingerprint density at radius 3 is 2.54 bits per heavy atom. The molecule has 0 aliphatic rings. The third-order valence-electron chi connectivity index (χ3n) is 3.02. The van der Waals surface area contributed by atoms with Crippen LogP contribution in [0.15, 0.2) is 42.5 Å². The van der Waals surface area contributed by atoms with Gasteiger partial charge in [-0.25, -0.2) is 9.59 Å². The summed E-state index contributed by atoms with van der Waals surface area (Å²) in [5.41, 5.74) is 1.30. The minimum Gasteiger partial charge on any atom is -0.460 e. The third kappa shape index (κ3) is 9.64. The van der Waals surface area contributed by atoms with Gasteiger partial charge in [0, 0.05) is 12.2 Å². The standard InChI is InChI=1S/C20H27NO5/c1-15(2)14-24-12-5-6-17-7-9-18(10-8-17)26-20(23)21-11-13-25-19(22)16(3)4/h5-10,15H,3,11-14H2,1-2,4H3,(H,21,23)/b6-5+. The van der Waals surface area contributed by atoms with Crippen molar-refractivity contribution in [3.05, 3.63) is 48.1 Å². The molecule has 0 spiro atoms. The Bertz CT molecular complexity index is 620. The highest BCUT2D eigenvalue weighted by atomic mass is 16.6. The van der Waals surface area contributed by atoms with Crippen LogP contribution in [0.2, 0.25) is 0 Å². The van der Waals surface area contributed by atoms with Crippen molar-refractivity contribution in [2.24, 2.45) is 5.92 Å². The van der Waals surface area contributed by atoms with Crippen molar-refractivity contribution in [3.8, 4) is 5.75 Å². The van der Waals surface area contributed by atoms with Crippen molar-refractivity contribution in [2.45, 2.75) is 20.8 Å². The van der Waals surface area contributed by atoms with Gasteiger partial charge in [0.05, 0.1) is 13.2 Å². The summed E-state index contributed by atoms with van der Waals surface area (Å²) in [5.74, 6) is 0.456. The maximum Gasteiger partial charge on any atom is 0.412 e. The molecule has 26 heavy (non-hydrogen) atoms. The molecular formula is C20H27NO5. The lowest BCUT2D eigenvalue weighted by atomic mass is 10.2. The fourth-order valence-corrected chi connectivity index (χ4v) is 1.77. The largest absolute Gasteiger partial charge is 0.460 e. The number of hydrogen-bond acceptors (Lipinski definition) is 5.